The van der Waals surface area contributed by atoms with Crippen molar-refractivity contribution in [1.82, 2.24) is 4.90 Å². The molecule has 1 unspecified atom stereocenters. The fraction of sp³-hybridized carbons (Fsp3) is 0.556. The molecule has 1 saturated heterocycles. The molecule has 124 valence electrons. The van der Waals surface area contributed by atoms with Crippen molar-refractivity contribution in [1.29, 1.82) is 5.26 Å². The van der Waals surface area contributed by atoms with Crippen molar-refractivity contribution in [2.45, 2.75) is 38.0 Å². The van der Waals surface area contributed by atoms with E-state index in [4.69, 9.17) is 9.47 Å². The van der Waals surface area contributed by atoms with Crippen LogP contribution in [0.5, 0.6) is 11.5 Å². The predicted octanol–water partition coefficient (Wildman–Crippen LogP) is 3.10. The molecule has 1 heterocycles. The second kappa shape index (κ2) is 8.42. The first-order valence-corrected chi connectivity index (χ1v) is 8.09. The van der Waals surface area contributed by atoms with E-state index in [0.29, 0.717) is 11.5 Å². The highest BCUT2D eigenvalue weighted by molar-refractivity contribution is 5.78. The highest BCUT2D eigenvalue weighted by Crippen LogP contribution is 2.32. The molecule has 0 bridgehead atoms. The molecule has 0 N–H and O–H groups in total. The summed E-state index contributed by atoms with van der Waals surface area (Å²) in [6, 6.07) is 7.59. The van der Waals surface area contributed by atoms with Crippen LogP contribution in [0.4, 0.5) is 0 Å². The lowest BCUT2D eigenvalue weighted by atomic mass is 9.95. The maximum Gasteiger partial charge on any atom is 0.224 e. The van der Waals surface area contributed by atoms with Crippen LogP contribution in [-0.2, 0) is 4.79 Å². The van der Waals surface area contributed by atoms with E-state index < -0.39 is 5.92 Å². The first kappa shape index (κ1) is 17.1. The number of benzene rings is 1. The molecule has 1 amide bonds. The summed E-state index contributed by atoms with van der Waals surface area (Å²) in [4.78, 5) is 14.4. The Labute approximate surface area is 137 Å². The molecular formula is C18H24N2O3. The number of carbonyl (C=O) groups is 1. The number of methoxy groups -OCH3 is 2. The zero-order chi connectivity index (χ0) is 16.7. The third-order valence-corrected chi connectivity index (χ3v) is 4.31. The van der Waals surface area contributed by atoms with Gasteiger partial charge in [0.25, 0.3) is 0 Å². The van der Waals surface area contributed by atoms with Gasteiger partial charge in [-0.25, -0.2) is 0 Å². The van der Waals surface area contributed by atoms with Crippen LogP contribution in [0.15, 0.2) is 18.2 Å². The second-order valence-corrected chi connectivity index (χ2v) is 5.79. The summed E-state index contributed by atoms with van der Waals surface area (Å²) < 4.78 is 10.5. The molecule has 1 atom stereocenters. The molecule has 1 fully saturated rings. The normalized spacial score (nSPS) is 16.1. The Balaban J connectivity index is 2.13. The highest BCUT2D eigenvalue weighted by Gasteiger charge is 2.23. The molecule has 0 saturated carbocycles. The quantitative estimate of drug-likeness (QED) is 0.837. The minimum Gasteiger partial charge on any atom is -0.497 e. The summed E-state index contributed by atoms with van der Waals surface area (Å²) in [5.74, 6) is 0.795. The maximum atomic E-state index is 12.5. The van der Waals surface area contributed by atoms with Crippen LogP contribution >= 0.6 is 0 Å². The van der Waals surface area contributed by atoms with Crippen LogP contribution in [0.25, 0.3) is 0 Å². The van der Waals surface area contributed by atoms with E-state index in [2.05, 4.69) is 6.07 Å². The van der Waals surface area contributed by atoms with Gasteiger partial charge < -0.3 is 14.4 Å². The van der Waals surface area contributed by atoms with Crippen LogP contribution in [0.2, 0.25) is 0 Å². The molecule has 23 heavy (non-hydrogen) atoms. The average Bonchev–Trinajstić information content (AvgIpc) is 2.88. The Morgan fingerprint density at radius 2 is 1.91 bits per heavy atom. The van der Waals surface area contributed by atoms with Crippen LogP contribution < -0.4 is 9.47 Å². The van der Waals surface area contributed by atoms with Gasteiger partial charge >= 0.3 is 0 Å². The minimum atomic E-state index is -0.508. The summed E-state index contributed by atoms with van der Waals surface area (Å²) in [7, 11) is 3.14. The first-order chi connectivity index (χ1) is 11.2. The van der Waals surface area contributed by atoms with E-state index in [0.717, 1.165) is 31.5 Å². The standard InChI is InChI=1S/C18H24N2O3/c1-22-15-7-8-16(17(12-15)23-2)14(13-19)11-18(21)20-9-5-3-4-6-10-20/h7-8,12,14H,3-6,9-11H2,1-2H3. The van der Waals surface area contributed by atoms with Gasteiger partial charge in [0.2, 0.25) is 5.91 Å². The summed E-state index contributed by atoms with van der Waals surface area (Å²) in [5, 5.41) is 9.52. The van der Waals surface area contributed by atoms with Gasteiger partial charge in [0, 0.05) is 31.1 Å². The van der Waals surface area contributed by atoms with E-state index in [9.17, 15) is 10.1 Å². The number of carbonyl (C=O) groups excluding carboxylic acids is 1. The number of nitriles is 1. The topological polar surface area (TPSA) is 62.6 Å². The molecule has 0 radical (unpaired) electrons. The van der Waals surface area contributed by atoms with Gasteiger partial charge in [-0.05, 0) is 18.9 Å². The lowest BCUT2D eigenvalue weighted by Crippen LogP contribution is -2.32. The smallest absolute Gasteiger partial charge is 0.224 e. The van der Waals surface area contributed by atoms with E-state index >= 15 is 0 Å². The lowest BCUT2D eigenvalue weighted by Gasteiger charge is -2.22. The number of amides is 1. The molecule has 1 aromatic rings. The molecule has 0 aliphatic carbocycles. The third-order valence-electron chi connectivity index (χ3n) is 4.31. The number of nitrogens with zero attached hydrogens (tertiary/aromatic N) is 2. The Kier molecular flexibility index (Phi) is 6.28. The first-order valence-electron chi connectivity index (χ1n) is 8.09. The van der Waals surface area contributed by atoms with Gasteiger partial charge in [-0.3, -0.25) is 4.79 Å². The van der Waals surface area contributed by atoms with Gasteiger partial charge in [-0.2, -0.15) is 5.26 Å². The van der Waals surface area contributed by atoms with E-state index in [1.807, 2.05) is 4.90 Å². The van der Waals surface area contributed by atoms with Crippen molar-refractivity contribution >= 4 is 5.91 Å². The van der Waals surface area contributed by atoms with Gasteiger partial charge in [-0.1, -0.05) is 18.9 Å². The van der Waals surface area contributed by atoms with E-state index in [-0.39, 0.29) is 12.3 Å². The van der Waals surface area contributed by atoms with Crippen molar-refractivity contribution in [3.05, 3.63) is 23.8 Å². The predicted molar refractivity (Wildman–Crippen MR) is 87.6 cm³/mol. The van der Waals surface area contributed by atoms with Crippen molar-refractivity contribution in [3.8, 4) is 17.6 Å². The summed E-state index contributed by atoms with van der Waals surface area (Å²) in [5.41, 5.74) is 0.735. The molecular weight excluding hydrogens is 292 g/mol. The van der Waals surface area contributed by atoms with Crippen molar-refractivity contribution < 1.29 is 14.3 Å². The molecule has 1 aromatic carbocycles. The highest BCUT2D eigenvalue weighted by atomic mass is 16.5. The lowest BCUT2D eigenvalue weighted by molar-refractivity contribution is -0.131. The zero-order valence-electron chi connectivity index (χ0n) is 13.9. The Morgan fingerprint density at radius 1 is 1.22 bits per heavy atom. The van der Waals surface area contributed by atoms with Crippen molar-refractivity contribution in [2.24, 2.45) is 0 Å². The summed E-state index contributed by atoms with van der Waals surface area (Å²) >= 11 is 0. The fourth-order valence-corrected chi connectivity index (χ4v) is 2.96. The van der Waals surface area contributed by atoms with Gasteiger partial charge in [0.15, 0.2) is 0 Å². The largest absolute Gasteiger partial charge is 0.497 e. The average molecular weight is 316 g/mol. The monoisotopic (exact) mass is 316 g/mol. The maximum absolute atomic E-state index is 12.5. The molecule has 0 spiro atoms. The van der Waals surface area contributed by atoms with Crippen molar-refractivity contribution in [2.75, 3.05) is 27.3 Å². The molecule has 1 aliphatic heterocycles. The minimum absolute atomic E-state index is 0.0521. The number of hydrogen-bond donors (Lipinski definition) is 0. The van der Waals surface area contributed by atoms with Crippen LogP contribution in [0, 0.1) is 11.3 Å². The van der Waals surface area contributed by atoms with Crippen molar-refractivity contribution in [3.63, 3.8) is 0 Å². The Bertz CT molecular complexity index is 572. The van der Waals surface area contributed by atoms with Gasteiger partial charge in [0.1, 0.15) is 11.5 Å². The number of ether oxygens (including phenoxy) is 2. The summed E-state index contributed by atoms with van der Waals surface area (Å²) in [6.45, 7) is 1.60. The second-order valence-electron chi connectivity index (χ2n) is 5.79. The summed E-state index contributed by atoms with van der Waals surface area (Å²) in [6.07, 6.45) is 4.65. The Hall–Kier alpha value is -2.22. The number of rotatable bonds is 5. The van der Waals surface area contributed by atoms with Gasteiger partial charge in [0.05, 0.1) is 26.2 Å². The van der Waals surface area contributed by atoms with E-state index in [1.165, 1.54) is 12.8 Å². The third kappa shape index (κ3) is 4.38. The Morgan fingerprint density at radius 3 is 2.48 bits per heavy atom. The van der Waals surface area contributed by atoms with Crippen LogP contribution in [-0.4, -0.2) is 38.1 Å². The number of likely N-dealkylation sites (tertiary alicyclic amines) is 1. The van der Waals surface area contributed by atoms with Gasteiger partial charge in [-0.15, -0.1) is 0 Å². The number of hydrogen-bond acceptors (Lipinski definition) is 4. The molecule has 0 aromatic heterocycles. The van der Waals surface area contributed by atoms with Crippen LogP contribution in [0.3, 0.4) is 0 Å². The fourth-order valence-electron chi connectivity index (χ4n) is 2.96. The molecule has 1 aliphatic rings. The zero-order valence-corrected chi connectivity index (χ0v) is 13.9. The SMILES string of the molecule is COc1ccc(C(C#N)CC(=O)N2CCCCCC2)c(OC)c1. The van der Waals surface area contributed by atoms with E-state index in [1.54, 1.807) is 32.4 Å². The molecule has 5 nitrogen and oxygen atoms in total. The molecule has 5 heteroatoms. The van der Waals surface area contributed by atoms with Crippen LogP contribution in [0.1, 0.15) is 43.6 Å². The molecule has 2 rings (SSSR count).